The molecule has 0 aliphatic rings. The number of rotatable bonds is 8. The van der Waals surface area contributed by atoms with Gasteiger partial charge in [-0.2, -0.15) is 0 Å². The Labute approximate surface area is 213 Å². The van der Waals surface area contributed by atoms with Gasteiger partial charge in [-0.15, -0.1) is 0 Å². The van der Waals surface area contributed by atoms with Crippen molar-refractivity contribution in [3.8, 4) is 5.75 Å². The normalized spacial score (nSPS) is 10.5. The number of thiocarbonyl (C=S) groups is 1. The predicted octanol–water partition coefficient (Wildman–Crippen LogP) is 5.79. The standard InChI is InChI=1S/C26H26BrN3O3S/c1-17(2)24(31)28-20-9-11-21(12-10-20)29-26(34)30-25(32)19-8-13-23(22(27)16-19)33-15-14-18-6-4-3-5-7-18/h3-13,16-17H,14-15H2,1-2H3,(H,28,31)(H2,29,30,32,34). The van der Waals surface area contributed by atoms with Gasteiger partial charge in [0.25, 0.3) is 5.91 Å². The van der Waals surface area contributed by atoms with Crippen LogP contribution in [0.25, 0.3) is 0 Å². The van der Waals surface area contributed by atoms with Gasteiger partial charge in [-0.3, -0.25) is 14.9 Å². The van der Waals surface area contributed by atoms with Gasteiger partial charge in [0.1, 0.15) is 5.75 Å². The summed E-state index contributed by atoms with van der Waals surface area (Å²) in [5, 5.41) is 8.63. The fraction of sp³-hybridized carbons (Fsp3) is 0.192. The van der Waals surface area contributed by atoms with Crippen molar-refractivity contribution < 1.29 is 14.3 Å². The van der Waals surface area contributed by atoms with E-state index in [0.717, 1.165) is 6.42 Å². The van der Waals surface area contributed by atoms with Crippen LogP contribution in [0, 0.1) is 5.92 Å². The van der Waals surface area contributed by atoms with Crippen LogP contribution in [-0.4, -0.2) is 23.5 Å². The molecule has 0 saturated heterocycles. The van der Waals surface area contributed by atoms with Crippen molar-refractivity contribution >= 4 is 56.4 Å². The molecule has 0 aliphatic heterocycles. The molecule has 0 atom stereocenters. The molecule has 8 heteroatoms. The van der Waals surface area contributed by atoms with Crippen LogP contribution >= 0.6 is 28.1 Å². The van der Waals surface area contributed by atoms with Crippen molar-refractivity contribution in [3.63, 3.8) is 0 Å². The Bertz CT molecular complexity index is 1150. The number of hydrogen-bond donors (Lipinski definition) is 3. The van der Waals surface area contributed by atoms with Crippen molar-refractivity contribution in [2.24, 2.45) is 5.92 Å². The molecule has 3 aromatic carbocycles. The van der Waals surface area contributed by atoms with Gasteiger partial charge < -0.3 is 15.4 Å². The Morgan fingerprint density at radius 1 is 0.941 bits per heavy atom. The molecule has 0 aliphatic carbocycles. The second kappa shape index (κ2) is 12.3. The van der Waals surface area contributed by atoms with Gasteiger partial charge in [-0.05, 0) is 76.2 Å². The molecule has 0 saturated carbocycles. The van der Waals surface area contributed by atoms with E-state index < -0.39 is 0 Å². The third-order valence-electron chi connectivity index (χ3n) is 4.85. The molecule has 0 fully saturated rings. The summed E-state index contributed by atoms with van der Waals surface area (Å²) >= 11 is 8.73. The van der Waals surface area contributed by atoms with Crippen molar-refractivity contribution in [2.75, 3.05) is 17.2 Å². The molecule has 34 heavy (non-hydrogen) atoms. The summed E-state index contributed by atoms with van der Waals surface area (Å²) in [5.41, 5.74) is 3.02. The van der Waals surface area contributed by atoms with Crippen molar-refractivity contribution in [3.05, 3.63) is 88.4 Å². The summed E-state index contributed by atoms with van der Waals surface area (Å²) in [6, 6.07) is 22.3. The molecular formula is C26H26BrN3O3S. The maximum Gasteiger partial charge on any atom is 0.257 e. The summed E-state index contributed by atoms with van der Waals surface area (Å²) in [7, 11) is 0. The second-order valence-corrected chi connectivity index (χ2v) is 9.12. The van der Waals surface area contributed by atoms with Gasteiger partial charge >= 0.3 is 0 Å². The van der Waals surface area contributed by atoms with Crippen molar-refractivity contribution in [2.45, 2.75) is 20.3 Å². The van der Waals surface area contributed by atoms with E-state index in [9.17, 15) is 9.59 Å². The van der Waals surface area contributed by atoms with E-state index >= 15 is 0 Å². The molecule has 3 aromatic rings. The van der Waals surface area contributed by atoms with Crippen LogP contribution in [0.5, 0.6) is 5.75 Å². The minimum atomic E-state index is -0.338. The lowest BCUT2D eigenvalue weighted by molar-refractivity contribution is -0.118. The summed E-state index contributed by atoms with van der Waals surface area (Å²) in [5.74, 6) is 0.172. The molecule has 0 aromatic heterocycles. The average molecular weight is 540 g/mol. The Kier molecular flexibility index (Phi) is 9.18. The van der Waals surface area contributed by atoms with Crippen LogP contribution < -0.4 is 20.7 Å². The summed E-state index contributed by atoms with van der Waals surface area (Å²) in [6.45, 7) is 4.19. The highest BCUT2D eigenvalue weighted by atomic mass is 79.9. The summed E-state index contributed by atoms with van der Waals surface area (Å²) < 4.78 is 6.53. The zero-order valence-corrected chi connectivity index (χ0v) is 21.3. The van der Waals surface area contributed by atoms with Gasteiger partial charge in [0.05, 0.1) is 11.1 Å². The Morgan fingerprint density at radius 3 is 2.21 bits per heavy atom. The summed E-state index contributed by atoms with van der Waals surface area (Å²) in [4.78, 5) is 24.4. The fourth-order valence-corrected chi connectivity index (χ4v) is 3.65. The highest BCUT2D eigenvalue weighted by molar-refractivity contribution is 9.10. The van der Waals surface area contributed by atoms with Crippen molar-refractivity contribution in [1.82, 2.24) is 5.32 Å². The molecular weight excluding hydrogens is 514 g/mol. The molecule has 176 valence electrons. The van der Waals surface area contributed by atoms with E-state index in [1.54, 1.807) is 42.5 Å². The van der Waals surface area contributed by atoms with E-state index in [-0.39, 0.29) is 22.8 Å². The number of amides is 2. The third kappa shape index (κ3) is 7.67. The first-order chi connectivity index (χ1) is 16.3. The van der Waals surface area contributed by atoms with Crippen LogP contribution in [0.3, 0.4) is 0 Å². The molecule has 0 radical (unpaired) electrons. The first kappa shape index (κ1) is 25.4. The number of benzene rings is 3. The highest BCUT2D eigenvalue weighted by Crippen LogP contribution is 2.26. The lowest BCUT2D eigenvalue weighted by Gasteiger charge is -2.12. The number of ether oxygens (including phenoxy) is 1. The van der Waals surface area contributed by atoms with Gasteiger partial charge in [0, 0.05) is 29.3 Å². The van der Waals surface area contributed by atoms with E-state index in [1.807, 2.05) is 32.0 Å². The maximum atomic E-state index is 12.6. The molecule has 3 rings (SSSR count). The zero-order valence-electron chi connectivity index (χ0n) is 18.9. The minimum Gasteiger partial charge on any atom is -0.492 e. The average Bonchev–Trinajstić information content (AvgIpc) is 2.81. The zero-order chi connectivity index (χ0) is 24.5. The maximum absolute atomic E-state index is 12.6. The van der Waals surface area contributed by atoms with Gasteiger partial charge in [-0.25, -0.2) is 0 Å². The largest absolute Gasteiger partial charge is 0.492 e. The number of carbonyl (C=O) groups excluding carboxylic acids is 2. The third-order valence-corrected chi connectivity index (χ3v) is 5.67. The SMILES string of the molecule is CC(C)C(=O)Nc1ccc(NC(=S)NC(=O)c2ccc(OCCc3ccccc3)c(Br)c2)cc1. The Balaban J connectivity index is 1.50. The van der Waals surface area contributed by atoms with Crippen LogP contribution in [-0.2, 0) is 11.2 Å². The van der Waals surface area contributed by atoms with Crippen LogP contribution in [0.15, 0.2) is 77.3 Å². The van der Waals surface area contributed by atoms with E-state index in [1.165, 1.54) is 5.56 Å². The fourth-order valence-electron chi connectivity index (χ4n) is 2.94. The van der Waals surface area contributed by atoms with Gasteiger partial charge in [-0.1, -0.05) is 44.2 Å². The Morgan fingerprint density at radius 2 is 1.59 bits per heavy atom. The predicted molar refractivity (Wildman–Crippen MR) is 143 cm³/mol. The highest BCUT2D eigenvalue weighted by Gasteiger charge is 2.12. The first-order valence-electron chi connectivity index (χ1n) is 10.8. The van der Waals surface area contributed by atoms with Gasteiger partial charge in [0.15, 0.2) is 5.11 Å². The summed E-state index contributed by atoms with van der Waals surface area (Å²) in [6.07, 6.45) is 0.792. The first-order valence-corrected chi connectivity index (χ1v) is 12.0. The molecule has 0 spiro atoms. The lowest BCUT2D eigenvalue weighted by Crippen LogP contribution is -2.34. The number of halogens is 1. The molecule has 2 amide bonds. The Hall–Kier alpha value is -3.23. The number of nitrogens with one attached hydrogen (secondary N) is 3. The quantitative estimate of drug-likeness (QED) is 0.315. The monoisotopic (exact) mass is 539 g/mol. The van der Waals surface area contributed by atoms with Crippen molar-refractivity contribution in [1.29, 1.82) is 0 Å². The van der Waals surface area contributed by atoms with Crippen LogP contribution in [0.1, 0.15) is 29.8 Å². The number of hydrogen-bond acceptors (Lipinski definition) is 4. The van der Waals surface area contributed by atoms with Crippen LogP contribution in [0.4, 0.5) is 11.4 Å². The molecule has 0 bridgehead atoms. The molecule has 0 heterocycles. The van der Waals surface area contributed by atoms with E-state index in [2.05, 4.69) is 44.0 Å². The topological polar surface area (TPSA) is 79.5 Å². The smallest absolute Gasteiger partial charge is 0.257 e. The number of carbonyl (C=O) groups is 2. The number of anilines is 2. The van der Waals surface area contributed by atoms with Crippen LogP contribution in [0.2, 0.25) is 0 Å². The second-order valence-electron chi connectivity index (χ2n) is 7.86. The lowest BCUT2D eigenvalue weighted by atomic mass is 10.2. The molecule has 0 unspecified atom stereocenters. The van der Waals surface area contributed by atoms with Gasteiger partial charge in [0.2, 0.25) is 5.91 Å². The molecule has 3 N–H and O–H groups in total. The minimum absolute atomic E-state index is 0.0535. The van der Waals surface area contributed by atoms with E-state index in [0.29, 0.717) is 33.8 Å². The van der Waals surface area contributed by atoms with E-state index in [4.69, 9.17) is 17.0 Å². The molecule has 6 nitrogen and oxygen atoms in total.